The lowest BCUT2D eigenvalue weighted by atomic mass is 10.2. The molecule has 0 saturated heterocycles. The van der Waals surface area contributed by atoms with Crippen LogP contribution in [0.2, 0.25) is 0 Å². The zero-order chi connectivity index (χ0) is 12.8. The summed E-state index contributed by atoms with van der Waals surface area (Å²) in [6, 6.07) is -0.645. The molecule has 1 aromatic rings. The average Bonchev–Trinajstić information content (AvgIpc) is 2.72. The summed E-state index contributed by atoms with van der Waals surface area (Å²) in [5.41, 5.74) is 5.77. The number of thioether (sulfide) groups is 1. The molecule has 0 aliphatic heterocycles. The Balaban J connectivity index is 2.48. The first-order valence-electron chi connectivity index (χ1n) is 5.45. The molecular formula is C10H19N5OS. The number of nitrogens with zero attached hydrogens (tertiary/aromatic N) is 3. The summed E-state index contributed by atoms with van der Waals surface area (Å²) in [5, 5.41) is 10.6. The summed E-state index contributed by atoms with van der Waals surface area (Å²) in [6.07, 6.45) is 4.27. The Labute approximate surface area is 105 Å². The maximum atomic E-state index is 11.8. The van der Waals surface area contributed by atoms with Crippen LogP contribution in [-0.2, 0) is 11.8 Å². The number of carbonyl (C=O) groups is 1. The minimum atomic E-state index is -0.460. The van der Waals surface area contributed by atoms with Gasteiger partial charge in [-0.25, -0.2) is 0 Å². The fraction of sp³-hybridized carbons (Fsp3) is 0.700. The van der Waals surface area contributed by atoms with Gasteiger partial charge in [0.1, 0.15) is 6.33 Å². The summed E-state index contributed by atoms with van der Waals surface area (Å²) < 4.78 is 1.78. The Hall–Kier alpha value is -1.08. The highest BCUT2D eigenvalue weighted by molar-refractivity contribution is 7.98. The van der Waals surface area contributed by atoms with Crippen molar-refractivity contribution in [2.24, 2.45) is 12.8 Å². The van der Waals surface area contributed by atoms with Gasteiger partial charge in [0.15, 0.2) is 5.82 Å². The van der Waals surface area contributed by atoms with E-state index in [1.807, 2.05) is 20.2 Å². The number of rotatable bonds is 6. The second-order valence-corrected chi connectivity index (χ2v) is 4.90. The SMILES string of the molecule is CSCC[C@@H](N)C(=O)NC(C)c1nncn1C. The van der Waals surface area contributed by atoms with Crippen molar-refractivity contribution in [3.63, 3.8) is 0 Å². The van der Waals surface area contributed by atoms with E-state index in [0.29, 0.717) is 6.42 Å². The van der Waals surface area contributed by atoms with E-state index in [2.05, 4.69) is 15.5 Å². The molecule has 17 heavy (non-hydrogen) atoms. The minimum absolute atomic E-state index is 0.144. The van der Waals surface area contributed by atoms with Gasteiger partial charge in [0.05, 0.1) is 12.1 Å². The molecule has 0 radical (unpaired) electrons. The molecule has 7 heteroatoms. The first-order valence-corrected chi connectivity index (χ1v) is 6.84. The highest BCUT2D eigenvalue weighted by Crippen LogP contribution is 2.08. The monoisotopic (exact) mass is 257 g/mol. The summed E-state index contributed by atoms with van der Waals surface area (Å²) in [7, 11) is 1.84. The van der Waals surface area contributed by atoms with E-state index in [1.54, 1.807) is 22.7 Å². The van der Waals surface area contributed by atoms with E-state index in [4.69, 9.17) is 5.73 Å². The molecule has 2 atom stereocenters. The number of amides is 1. The van der Waals surface area contributed by atoms with E-state index < -0.39 is 6.04 Å². The van der Waals surface area contributed by atoms with Crippen molar-refractivity contribution in [1.82, 2.24) is 20.1 Å². The van der Waals surface area contributed by atoms with Crippen LogP contribution in [0.3, 0.4) is 0 Å². The van der Waals surface area contributed by atoms with Crippen molar-refractivity contribution in [3.8, 4) is 0 Å². The van der Waals surface area contributed by atoms with Gasteiger partial charge in [-0.1, -0.05) is 0 Å². The number of nitrogens with two attached hydrogens (primary N) is 1. The van der Waals surface area contributed by atoms with E-state index in [9.17, 15) is 4.79 Å². The standard InChI is InChI=1S/C10H19N5OS/c1-7(9-14-12-6-15(9)2)13-10(16)8(11)4-5-17-3/h6-8H,4-5,11H2,1-3H3,(H,13,16)/t7?,8-/m1/s1. The predicted octanol–water partition coefficient (Wildman–Crippen LogP) is 0.0727. The second kappa shape index (κ2) is 6.61. The van der Waals surface area contributed by atoms with Gasteiger partial charge in [0.25, 0.3) is 0 Å². The van der Waals surface area contributed by atoms with Crippen LogP contribution in [0.4, 0.5) is 0 Å². The average molecular weight is 257 g/mol. The largest absolute Gasteiger partial charge is 0.345 e. The fourth-order valence-electron chi connectivity index (χ4n) is 1.45. The third-order valence-corrected chi connectivity index (χ3v) is 3.11. The maximum Gasteiger partial charge on any atom is 0.237 e. The van der Waals surface area contributed by atoms with Crippen molar-refractivity contribution in [2.75, 3.05) is 12.0 Å². The normalized spacial score (nSPS) is 14.4. The Morgan fingerprint density at radius 2 is 2.41 bits per heavy atom. The van der Waals surface area contributed by atoms with E-state index in [0.717, 1.165) is 11.6 Å². The van der Waals surface area contributed by atoms with Gasteiger partial charge in [-0.05, 0) is 25.4 Å². The van der Waals surface area contributed by atoms with Gasteiger partial charge >= 0.3 is 0 Å². The zero-order valence-electron chi connectivity index (χ0n) is 10.4. The van der Waals surface area contributed by atoms with Crippen LogP contribution in [0.1, 0.15) is 25.2 Å². The van der Waals surface area contributed by atoms with E-state index >= 15 is 0 Å². The molecule has 96 valence electrons. The van der Waals surface area contributed by atoms with Crippen LogP contribution < -0.4 is 11.1 Å². The first-order chi connectivity index (χ1) is 8.06. The van der Waals surface area contributed by atoms with Gasteiger partial charge in [-0.3, -0.25) is 4.79 Å². The number of hydrogen-bond acceptors (Lipinski definition) is 5. The van der Waals surface area contributed by atoms with Gasteiger partial charge in [0.2, 0.25) is 5.91 Å². The third-order valence-electron chi connectivity index (χ3n) is 2.46. The van der Waals surface area contributed by atoms with Crippen LogP contribution in [0, 0.1) is 0 Å². The van der Waals surface area contributed by atoms with Crippen LogP contribution in [-0.4, -0.2) is 38.7 Å². The summed E-state index contributed by atoms with van der Waals surface area (Å²) in [5.74, 6) is 1.46. The Morgan fingerprint density at radius 3 is 2.94 bits per heavy atom. The van der Waals surface area contributed by atoms with Crippen LogP contribution in [0.25, 0.3) is 0 Å². The maximum absolute atomic E-state index is 11.8. The van der Waals surface area contributed by atoms with Crippen molar-refractivity contribution in [2.45, 2.75) is 25.4 Å². The number of aromatic nitrogens is 3. The van der Waals surface area contributed by atoms with Crippen LogP contribution in [0.5, 0.6) is 0 Å². The Bertz CT molecular complexity index is 367. The van der Waals surface area contributed by atoms with Crippen LogP contribution >= 0.6 is 11.8 Å². The molecule has 0 aliphatic carbocycles. The molecule has 1 rings (SSSR count). The van der Waals surface area contributed by atoms with Gasteiger partial charge in [0, 0.05) is 7.05 Å². The lowest BCUT2D eigenvalue weighted by Crippen LogP contribution is -2.42. The molecule has 6 nitrogen and oxygen atoms in total. The summed E-state index contributed by atoms with van der Waals surface area (Å²) in [6.45, 7) is 1.86. The Morgan fingerprint density at radius 1 is 1.71 bits per heavy atom. The topological polar surface area (TPSA) is 85.8 Å². The number of aryl methyl sites for hydroxylation is 1. The third kappa shape index (κ3) is 4.01. The van der Waals surface area contributed by atoms with Crippen molar-refractivity contribution in [1.29, 1.82) is 0 Å². The number of nitrogens with one attached hydrogen (secondary N) is 1. The van der Waals surface area contributed by atoms with Crippen LogP contribution in [0.15, 0.2) is 6.33 Å². The highest BCUT2D eigenvalue weighted by Gasteiger charge is 2.18. The molecule has 0 bridgehead atoms. The summed E-state index contributed by atoms with van der Waals surface area (Å²) >= 11 is 1.68. The van der Waals surface area contributed by atoms with E-state index in [-0.39, 0.29) is 11.9 Å². The van der Waals surface area contributed by atoms with Crippen molar-refractivity contribution < 1.29 is 4.79 Å². The second-order valence-electron chi connectivity index (χ2n) is 3.92. The molecule has 0 saturated carbocycles. The molecule has 1 unspecified atom stereocenters. The van der Waals surface area contributed by atoms with E-state index in [1.165, 1.54) is 0 Å². The van der Waals surface area contributed by atoms with Gasteiger partial charge in [-0.2, -0.15) is 11.8 Å². The zero-order valence-corrected chi connectivity index (χ0v) is 11.2. The molecule has 0 spiro atoms. The van der Waals surface area contributed by atoms with Crippen molar-refractivity contribution in [3.05, 3.63) is 12.2 Å². The van der Waals surface area contributed by atoms with Gasteiger partial charge < -0.3 is 15.6 Å². The smallest absolute Gasteiger partial charge is 0.237 e. The quantitative estimate of drug-likeness (QED) is 0.753. The molecule has 0 aliphatic rings. The highest BCUT2D eigenvalue weighted by atomic mass is 32.2. The predicted molar refractivity (Wildman–Crippen MR) is 68.5 cm³/mol. The summed E-state index contributed by atoms with van der Waals surface area (Å²) in [4.78, 5) is 11.8. The molecule has 1 amide bonds. The lowest BCUT2D eigenvalue weighted by Gasteiger charge is -2.16. The first kappa shape index (κ1) is 14.0. The number of hydrogen-bond donors (Lipinski definition) is 2. The number of carbonyl (C=O) groups excluding carboxylic acids is 1. The lowest BCUT2D eigenvalue weighted by molar-refractivity contribution is -0.123. The molecule has 0 fully saturated rings. The minimum Gasteiger partial charge on any atom is -0.345 e. The fourth-order valence-corrected chi connectivity index (χ4v) is 1.93. The molecular weight excluding hydrogens is 238 g/mol. The molecule has 1 heterocycles. The van der Waals surface area contributed by atoms with Crippen molar-refractivity contribution >= 4 is 17.7 Å². The molecule has 1 aromatic heterocycles. The molecule has 0 aromatic carbocycles. The molecule has 3 N–H and O–H groups in total. The van der Waals surface area contributed by atoms with Gasteiger partial charge in [-0.15, -0.1) is 10.2 Å². The Kier molecular flexibility index (Phi) is 5.43.